The Morgan fingerprint density at radius 3 is 1.83 bits per heavy atom. The van der Waals surface area contributed by atoms with Crippen LogP contribution in [0.4, 0.5) is 5.69 Å². The van der Waals surface area contributed by atoms with E-state index in [1.807, 2.05) is 12.1 Å². The van der Waals surface area contributed by atoms with Crippen LogP contribution in [0.5, 0.6) is 0 Å². The third-order valence-electron chi connectivity index (χ3n) is 6.96. The normalized spacial score (nSPS) is 11.4. The Hall–Kier alpha value is -4.89. The third kappa shape index (κ3) is 3.10. The van der Waals surface area contributed by atoms with Crippen LogP contribution in [0.15, 0.2) is 127 Å². The highest BCUT2D eigenvalue weighted by Crippen LogP contribution is 2.41. The van der Waals surface area contributed by atoms with E-state index in [2.05, 4.69) is 120 Å². The number of hydrogen-bond acceptors (Lipinski definition) is 2. The molecule has 36 heavy (non-hydrogen) atoms. The van der Waals surface area contributed by atoms with Gasteiger partial charge in [0.1, 0.15) is 5.82 Å². The van der Waals surface area contributed by atoms with Crippen LogP contribution in [-0.4, -0.2) is 9.55 Å². The Morgan fingerprint density at radius 1 is 0.528 bits per heavy atom. The van der Waals surface area contributed by atoms with Gasteiger partial charge in [0.05, 0.1) is 11.0 Å². The minimum absolute atomic E-state index is 0.826. The standard InChI is InChI=1S/C33H23N3/c34-32-27-17-6-4-15-25(27)31(26-16-5-7-18-28(26)32)22-11-10-12-23(21-22)33-35-29-19-8-9-20-30(29)36(33)24-13-2-1-3-14-24/h1-21H,34H2. The average molecular weight is 462 g/mol. The molecule has 0 spiro atoms. The van der Waals surface area contributed by atoms with Crippen LogP contribution in [0.2, 0.25) is 0 Å². The zero-order valence-electron chi connectivity index (χ0n) is 19.6. The Bertz CT molecular complexity index is 1840. The van der Waals surface area contributed by atoms with E-state index in [1.165, 1.54) is 5.56 Å². The Kier molecular flexibility index (Phi) is 4.61. The predicted molar refractivity (Wildman–Crippen MR) is 151 cm³/mol. The van der Waals surface area contributed by atoms with Gasteiger partial charge < -0.3 is 5.73 Å². The van der Waals surface area contributed by atoms with Gasteiger partial charge in [-0.1, -0.05) is 97.1 Å². The lowest BCUT2D eigenvalue weighted by atomic mass is 9.90. The number of rotatable bonds is 3. The Morgan fingerprint density at radius 2 is 1.11 bits per heavy atom. The van der Waals surface area contributed by atoms with Crippen LogP contribution in [0.3, 0.4) is 0 Å². The largest absolute Gasteiger partial charge is 0.398 e. The molecule has 0 aliphatic heterocycles. The number of anilines is 1. The molecule has 0 fully saturated rings. The molecule has 3 heteroatoms. The highest BCUT2D eigenvalue weighted by atomic mass is 15.1. The number of fused-ring (bicyclic) bond motifs is 3. The second-order valence-corrected chi connectivity index (χ2v) is 9.06. The van der Waals surface area contributed by atoms with E-state index in [-0.39, 0.29) is 0 Å². The van der Waals surface area contributed by atoms with E-state index >= 15 is 0 Å². The number of nitrogen functional groups attached to an aromatic ring is 1. The van der Waals surface area contributed by atoms with E-state index in [4.69, 9.17) is 10.7 Å². The molecule has 1 heterocycles. The first-order valence-electron chi connectivity index (χ1n) is 12.1. The summed E-state index contributed by atoms with van der Waals surface area (Å²) >= 11 is 0. The third-order valence-corrected chi connectivity index (χ3v) is 6.96. The minimum Gasteiger partial charge on any atom is -0.398 e. The van der Waals surface area contributed by atoms with Crippen molar-refractivity contribution in [2.24, 2.45) is 0 Å². The van der Waals surface area contributed by atoms with Gasteiger partial charge in [0.25, 0.3) is 0 Å². The van der Waals surface area contributed by atoms with Crippen LogP contribution in [-0.2, 0) is 0 Å². The molecule has 0 aliphatic rings. The SMILES string of the molecule is Nc1c2ccccc2c(-c2cccc(-c3nc4ccccc4n3-c3ccccc3)c2)c2ccccc12. The van der Waals surface area contributed by atoms with Crippen molar-refractivity contribution < 1.29 is 0 Å². The molecule has 2 N–H and O–H groups in total. The first-order valence-corrected chi connectivity index (χ1v) is 12.1. The van der Waals surface area contributed by atoms with Crippen molar-refractivity contribution in [3.63, 3.8) is 0 Å². The number of nitrogens with zero attached hydrogens (tertiary/aromatic N) is 2. The summed E-state index contributed by atoms with van der Waals surface area (Å²) in [5, 5.41) is 4.46. The molecule has 0 atom stereocenters. The van der Waals surface area contributed by atoms with Gasteiger partial charge in [-0.15, -0.1) is 0 Å². The maximum Gasteiger partial charge on any atom is 0.145 e. The summed E-state index contributed by atoms with van der Waals surface area (Å²) in [6.07, 6.45) is 0. The van der Waals surface area contributed by atoms with Crippen LogP contribution in [0, 0.1) is 0 Å². The predicted octanol–water partition coefficient (Wildman–Crippen LogP) is 8.25. The van der Waals surface area contributed by atoms with Gasteiger partial charge in [-0.25, -0.2) is 4.98 Å². The molecule has 6 aromatic carbocycles. The molecule has 7 aromatic rings. The van der Waals surface area contributed by atoms with Gasteiger partial charge in [0, 0.05) is 27.7 Å². The monoisotopic (exact) mass is 461 g/mol. The van der Waals surface area contributed by atoms with E-state index in [0.717, 1.165) is 60.9 Å². The molecule has 0 saturated heterocycles. The molecule has 3 nitrogen and oxygen atoms in total. The van der Waals surface area contributed by atoms with Crippen molar-refractivity contribution >= 4 is 38.3 Å². The fraction of sp³-hybridized carbons (Fsp3) is 0. The van der Waals surface area contributed by atoms with E-state index < -0.39 is 0 Å². The van der Waals surface area contributed by atoms with Crippen LogP contribution in [0.1, 0.15) is 0 Å². The molecule has 0 aliphatic carbocycles. The summed E-state index contributed by atoms with van der Waals surface area (Å²) < 4.78 is 2.24. The van der Waals surface area contributed by atoms with Gasteiger partial charge >= 0.3 is 0 Å². The van der Waals surface area contributed by atoms with Gasteiger partial charge in [-0.3, -0.25) is 4.57 Å². The lowest BCUT2D eigenvalue weighted by Crippen LogP contribution is -1.98. The number of imidazole rings is 1. The van der Waals surface area contributed by atoms with Gasteiger partial charge in [0.2, 0.25) is 0 Å². The number of para-hydroxylation sites is 3. The molecular formula is C33H23N3. The maximum absolute atomic E-state index is 6.64. The van der Waals surface area contributed by atoms with Crippen molar-refractivity contribution in [2.75, 3.05) is 5.73 Å². The van der Waals surface area contributed by atoms with E-state index in [9.17, 15) is 0 Å². The van der Waals surface area contributed by atoms with Crippen molar-refractivity contribution in [1.29, 1.82) is 0 Å². The van der Waals surface area contributed by atoms with Crippen molar-refractivity contribution in [3.8, 4) is 28.2 Å². The lowest BCUT2D eigenvalue weighted by molar-refractivity contribution is 1.10. The molecular weight excluding hydrogens is 438 g/mol. The van der Waals surface area contributed by atoms with E-state index in [0.29, 0.717) is 0 Å². The molecule has 0 amide bonds. The molecule has 1 aromatic heterocycles. The van der Waals surface area contributed by atoms with Crippen molar-refractivity contribution in [1.82, 2.24) is 9.55 Å². The second kappa shape index (κ2) is 8.10. The summed E-state index contributed by atoms with van der Waals surface area (Å²) in [6, 6.07) is 44.3. The first kappa shape index (κ1) is 20.5. The summed E-state index contributed by atoms with van der Waals surface area (Å²) in [7, 11) is 0. The summed E-state index contributed by atoms with van der Waals surface area (Å²) in [4.78, 5) is 5.08. The fourth-order valence-electron chi connectivity index (χ4n) is 5.35. The van der Waals surface area contributed by atoms with E-state index in [1.54, 1.807) is 0 Å². The second-order valence-electron chi connectivity index (χ2n) is 9.06. The van der Waals surface area contributed by atoms with Crippen LogP contribution >= 0.6 is 0 Å². The summed E-state index contributed by atoms with van der Waals surface area (Å²) in [5.74, 6) is 0.924. The lowest BCUT2D eigenvalue weighted by Gasteiger charge is -2.16. The van der Waals surface area contributed by atoms with Gasteiger partial charge in [0.15, 0.2) is 0 Å². The Labute approximate surface area is 209 Å². The zero-order chi connectivity index (χ0) is 24.1. The number of nitrogens with two attached hydrogens (primary N) is 1. The molecule has 0 radical (unpaired) electrons. The number of hydrogen-bond donors (Lipinski definition) is 1. The molecule has 0 unspecified atom stereocenters. The smallest absolute Gasteiger partial charge is 0.145 e. The number of aromatic nitrogens is 2. The van der Waals surface area contributed by atoms with Crippen LogP contribution in [0.25, 0.3) is 60.8 Å². The number of benzene rings is 6. The molecule has 0 saturated carbocycles. The minimum atomic E-state index is 0.826. The first-order chi connectivity index (χ1) is 17.8. The zero-order valence-corrected chi connectivity index (χ0v) is 19.6. The summed E-state index contributed by atoms with van der Waals surface area (Å²) in [5.41, 5.74) is 14.0. The highest BCUT2D eigenvalue weighted by Gasteiger charge is 2.17. The van der Waals surface area contributed by atoms with Crippen LogP contribution < -0.4 is 5.73 Å². The van der Waals surface area contributed by atoms with Gasteiger partial charge in [-0.05, 0) is 52.2 Å². The quantitative estimate of drug-likeness (QED) is 0.213. The maximum atomic E-state index is 6.64. The molecule has 170 valence electrons. The Balaban J connectivity index is 1.52. The topological polar surface area (TPSA) is 43.8 Å². The highest BCUT2D eigenvalue weighted by molar-refractivity contribution is 6.20. The van der Waals surface area contributed by atoms with Crippen molar-refractivity contribution in [2.45, 2.75) is 0 Å². The average Bonchev–Trinajstić information content (AvgIpc) is 3.34. The molecule has 7 rings (SSSR count). The molecule has 0 bridgehead atoms. The van der Waals surface area contributed by atoms with Gasteiger partial charge in [-0.2, -0.15) is 0 Å². The summed E-state index contributed by atoms with van der Waals surface area (Å²) in [6.45, 7) is 0. The fourth-order valence-corrected chi connectivity index (χ4v) is 5.35. The van der Waals surface area contributed by atoms with Crippen molar-refractivity contribution in [3.05, 3.63) is 127 Å².